The topological polar surface area (TPSA) is 79.5 Å². The molecule has 0 spiro atoms. The minimum atomic E-state index is -0.506. The maximum absolute atomic E-state index is 12.6. The first-order valence-corrected chi connectivity index (χ1v) is 9.12. The summed E-state index contributed by atoms with van der Waals surface area (Å²) in [7, 11) is 0. The summed E-state index contributed by atoms with van der Waals surface area (Å²) in [4.78, 5) is 19.7. The standard InChI is InChI=1S/C15H19N3O2S2/c16-8-14-17-11(9-22-14)15(20)18-5-1-3-10(18)7-12(19)13-4-2-6-21-13/h2,4,6,9-10,12,19H,1,3,5,7-8,16H2. The Bertz CT molecular complexity index is 627. The normalized spacial score (nSPS) is 19.5. The molecule has 0 aliphatic carbocycles. The van der Waals surface area contributed by atoms with Gasteiger partial charge in [0.1, 0.15) is 10.7 Å². The number of nitrogens with zero attached hydrogens (tertiary/aromatic N) is 2. The number of aliphatic hydroxyl groups is 1. The van der Waals surface area contributed by atoms with E-state index in [2.05, 4.69) is 4.98 Å². The fourth-order valence-corrected chi connectivity index (χ4v) is 4.23. The number of thiazole rings is 1. The predicted octanol–water partition coefficient (Wildman–Crippen LogP) is 2.39. The number of aromatic nitrogens is 1. The van der Waals surface area contributed by atoms with E-state index in [-0.39, 0.29) is 11.9 Å². The van der Waals surface area contributed by atoms with Gasteiger partial charge in [0.2, 0.25) is 0 Å². The number of thiophene rings is 1. The molecule has 2 aromatic heterocycles. The minimum Gasteiger partial charge on any atom is -0.387 e. The highest BCUT2D eigenvalue weighted by atomic mass is 32.1. The van der Waals surface area contributed by atoms with Crippen molar-refractivity contribution in [2.24, 2.45) is 5.73 Å². The van der Waals surface area contributed by atoms with E-state index in [9.17, 15) is 9.90 Å². The van der Waals surface area contributed by atoms with Gasteiger partial charge < -0.3 is 15.7 Å². The molecule has 0 bridgehead atoms. The number of carbonyl (C=O) groups excluding carboxylic acids is 1. The van der Waals surface area contributed by atoms with E-state index >= 15 is 0 Å². The van der Waals surface area contributed by atoms with Crippen LogP contribution in [0.2, 0.25) is 0 Å². The molecule has 0 aromatic carbocycles. The molecule has 2 unspecified atom stereocenters. The predicted molar refractivity (Wildman–Crippen MR) is 88.0 cm³/mol. The molecule has 0 radical (unpaired) electrons. The first kappa shape index (κ1) is 15.6. The summed E-state index contributed by atoms with van der Waals surface area (Å²) in [6.07, 6.45) is 1.98. The van der Waals surface area contributed by atoms with Crippen LogP contribution in [0.5, 0.6) is 0 Å². The molecule has 1 aliphatic rings. The number of amides is 1. The molecule has 0 saturated carbocycles. The first-order chi connectivity index (χ1) is 10.7. The molecule has 2 aromatic rings. The maximum atomic E-state index is 12.6. The number of nitrogens with two attached hydrogens (primary N) is 1. The summed E-state index contributed by atoms with van der Waals surface area (Å²) in [6, 6.07) is 3.95. The van der Waals surface area contributed by atoms with Crippen molar-refractivity contribution < 1.29 is 9.90 Å². The zero-order valence-corrected chi connectivity index (χ0v) is 13.8. The van der Waals surface area contributed by atoms with E-state index in [0.717, 1.165) is 29.3 Å². The monoisotopic (exact) mass is 337 g/mol. The Morgan fingerprint density at radius 2 is 2.41 bits per heavy atom. The van der Waals surface area contributed by atoms with Gasteiger partial charge in [-0.15, -0.1) is 22.7 Å². The average Bonchev–Trinajstić information content (AvgIpc) is 3.26. The highest BCUT2D eigenvalue weighted by Gasteiger charge is 2.32. The summed E-state index contributed by atoms with van der Waals surface area (Å²) in [5.74, 6) is -0.0446. The summed E-state index contributed by atoms with van der Waals surface area (Å²) in [6.45, 7) is 1.09. The van der Waals surface area contributed by atoms with Gasteiger partial charge in [0.25, 0.3) is 5.91 Å². The van der Waals surface area contributed by atoms with E-state index in [1.54, 1.807) is 16.7 Å². The number of likely N-dealkylation sites (tertiary alicyclic amines) is 1. The second-order valence-corrected chi connectivity index (χ2v) is 7.31. The summed E-state index contributed by atoms with van der Waals surface area (Å²) >= 11 is 2.97. The Hall–Kier alpha value is -1.28. The molecule has 118 valence electrons. The van der Waals surface area contributed by atoms with Crippen LogP contribution in [-0.2, 0) is 6.54 Å². The molecular weight excluding hydrogens is 318 g/mol. The fraction of sp³-hybridized carbons (Fsp3) is 0.467. The number of aliphatic hydroxyl groups excluding tert-OH is 1. The van der Waals surface area contributed by atoms with Crippen LogP contribution in [0.4, 0.5) is 0 Å². The lowest BCUT2D eigenvalue weighted by Crippen LogP contribution is -2.36. The van der Waals surface area contributed by atoms with Crippen LogP contribution in [0.1, 0.15) is 45.7 Å². The van der Waals surface area contributed by atoms with Crippen molar-refractivity contribution in [1.82, 2.24) is 9.88 Å². The van der Waals surface area contributed by atoms with E-state index < -0.39 is 6.10 Å². The van der Waals surface area contributed by atoms with Crippen molar-refractivity contribution in [2.75, 3.05) is 6.54 Å². The molecule has 5 nitrogen and oxygen atoms in total. The van der Waals surface area contributed by atoms with Gasteiger partial charge in [0, 0.05) is 29.4 Å². The first-order valence-electron chi connectivity index (χ1n) is 7.36. The summed E-state index contributed by atoms with van der Waals surface area (Å²) in [5, 5.41) is 14.8. The van der Waals surface area contributed by atoms with Gasteiger partial charge in [0.05, 0.1) is 6.10 Å². The average molecular weight is 337 g/mol. The lowest BCUT2D eigenvalue weighted by Gasteiger charge is -2.25. The molecule has 3 heterocycles. The van der Waals surface area contributed by atoms with E-state index in [0.29, 0.717) is 18.7 Å². The zero-order valence-electron chi connectivity index (χ0n) is 12.1. The number of hydrogen-bond acceptors (Lipinski definition) is 6. The molecule has 1 fully saturated rings. The molecule has 1 aliphatic heterocycles. The second-order valence-electron chi connectivity index (χ2n) is 5.39. The Morgan fingerprint density at radius 1 is 1.55 bits per heavy atom. The molecule has 3 rings (SSSR count). The zero-order chi connectivity index (χ0) is 15.5. The number of rotatable bonds is 5. The van der Waals surface area contributed by atoms with Crippen LogP contribution in [0.25, 0.3) is 0 Å². The fourth-order valence-electron chi connectivity index (χ4n) is 2.85. The van der Waals surface area contributed by atoms with Crippen molar-refractivity contribution in [3.05, 3.63) is 38.5 Å². The Balaban J connectivity index is 1.68. The third-order valence-corrected chi connectivity index (χ3v) is 5.80. The minimum absolute atomic E-state index is 0.0446. The molecule has 22 heavy (non-hydrogen) atoms. The van der Waals surface area contributed by atoms with Crippen molar-refractivity contribution in [2.45, 2.75) is 38.0 Å². The Labute approximate surface area is 137 Å². The highest BCUT2D eigenvalue weighted by molar-refractivity contribution is 7.10. The molecule has 3 N–H and O–H groups in total. The van der Waals surface area contributed by atoms with Crippen LogP contribution >= 0.6 is 22.7 Å². The summed E-state index contributed by atoms with van der Waals surface area (Å²) < 4.78 is 0. The second kappa shape index (κ2) is 6.87. The van der Waals surface area contributed by atoms with Crippen LogP contribution in [0.3, 0.4) is 0 Å². The van der Waals surface area contributed by atoms with Crippen LogP contribution in [0.15, 0.2) is 22.9 Å². The van der Waals surface area contributed by atoms with Crippen molar-refractivity contribution in [3.8, 4) is 0 Å². The third kappa shape index (κ3) is 3.22. The van der Waals surface area contributed by atoms with E-state index in [1.807, 2.05) is 22.4 Å². The van der Waals surface area contributed by atoms with Crippen molar-refractivity contribution in [1.29, 1.82) is 0 Å². The Kier molecular flexibility index (Phi) is 4.87. The smallest absolute Gasteiger partial charge is 0.273 e. The van der Waals surface area contributed by atoms with Gasteiger partial charge in [-0.25, -0.2) is 4.98 Å². The molecule has 2 atom stereocenters. The number of carbonyl (C=O) groups is 1. The molecular formula is C15H19N3O2S2. The third-order valence-electron chi connectivity index (χ3n) is 3.95. The van der Waals surface area contributed by atoms with Crippen molar-refractivity contribution >= 4 is 28.6 Å². The number of hydrogen-bond donors (Lipinski definition) is 2. The van der Waals surface area contributed by atoms with Gasteiger partial charge in [0.15, 0.2) is 0 Å². The SMILES string of the molecule is NCc1nc(C(=O)N2CCCC2CC(O)c2cccs2)cs1. The molecule has 1 amide bonds. The highest BCUT2D eigenvalue weighted by Crippen LogP contribution is 2.30. The van der Waals surface area contributed by atoms with Gasteiger partial charge in [-0.2, -0.15) is 0 Å². The van der Waals surface area contributed by atoms with Crippen LogP contribution in [0, 0.1) is 0 Å². The van der Waals surface area contributed by atoms with E-state index in [1.165, 1.54) is 11.3 Å². The lowest BCUT2D eigenvalue weighted by molar-refractivity contribution is 0.0665. The van der Waals surface area contributed by atoms with Crippen LogP contribution < -0.4 is 5.73 Å². The van der Waals surface area contributed by atoms with Gasteiger partial charge >= 0.3 is 0 Å². The van der Waals surface area contributed by atoms with E-state index in [4.69, 9.17) is 5.73 Å². The summed E-state index contributed by atoms with van der Waals surface area (Å²) in [5.41, 5.74) is 6.03. The lowest BCUT2D eigenvalue weighted by atomic mass is 10.1. The van der Waals surface area contributed by atoms with Gasteiger partial charge in [-0.05, 0) is 30.7 Å². The molecule has 7 heteroatoms. The van der Waals surface area contributed by atoms with Crippen molar-refractivity contribution in [3.63, 3.8) is 0 Å². The quantitative estimate of drug-likeness (QED) is 0.878. The largest absolute Gasteiger partial charge is 0.387 e. The van der Waals surface area contributed by atoms with Gasteiger partial charge in [-0.3, -0.25) is 4.79 Å². The maximum Gasteiger partial charge on any atom is 0.273 e. The molecule has 1 saturated heterocycles. The van der Waals surface area contributed by atoms with Gasteiger partial charge in [-0.1, -0.05) is 6.07 Å². The Morgan fingerprint density at radius 3 is 3.09 bits per heavy atom. The van der Waals surface area contributed by atoms with Crippen LogP contribution in [-0.4, -0.2) is 33.5 Å².